The maximum atomic E-state index is 13.4. The number of benzene rings is 2. The molecule has 2 aliphatic rings. The number of piperidine rings is 2. The van der Waals surface area contributed by atoms with Crippen molar-refractivity contribution in [2.75, 3.05) is 65.1 Å². The largest absolute Gasteiger partial charge is 1.00 e. The fraction of sp³-hybridized carbons (Fsp3) is 0.507. The van der Waals surface area contributed by atoms with Gasteiger partial charge in [0.2, 0.25) is 0 Å². The van der Waals surface area contributed by atoms with E-state index in [0.29, 0.717) is 83.6 Å². The van der Waals surface area contributed by atoms with E-state index in [9.17, 15) is 24.0 Å². The van der Waals surface area contributed by atoms with E-state index >= 15 is 0 Å². The number of hydrogen-bond donors (Lipinski definition) is 6. The first-order valence-corrected chi connectivity index (χ1v) is 42.1. The van der Waals surface area contributed by atoms with Crippen molar-refractivity contribution in [2.45, 2.75) is 176 Å². The Kier molecular flexibility index (Phi) is 25.6. The second-order valence-corrected chi connectivity index (χ2v) is 42.1. The van der Waals surface area contributed by atoms with Gasteiger partial charge in [0.1, 0.15) is 30.5 Å². The second-order valence-electron chi connectivity index (χ2n) is 30.5. The number of anilines is 8. The summed E-state index contributed by atoms with van der Waals surface area (Å²) in [4.78, 5) is 68.3. The van der Waals surface area contributed by atoms with Gasteiger partial charge in [-0.05, 0) is 105 Å². The van der Waals surface area contributed by atoms with Crippen LogP contribution in [0.2, 0.25) is 56.5 Å². The van der Waals surface area contributed by atoms with Crippen LogP contribution in [-0.4, -0.2) is 139 Å². The van der Waals surface area contributed by atoms with Crippen LogP contribution in [0.4, 0.5) is 46.2 Å². The molecule has 6 N–H and O–H groups in total. The summed E-state index contributed by atoms with van der Waals surface area (Å²) in [7, 11) is 3.12. The molecule has 2 unspecified atom stereocenters. The van der Waals surface area contributed by atoms with Crippen molar-refractivity contribution in [1.29, 1.82) is 0 Å². The number of aryl methyl sites for hydroxylation is 6. The van der Waals surface area contributed by atoms with Crippen LogP contribution in [0.5, 0.6) is 0 Å². The van der Waals surface area contributed by atoms with E-state index in [4.69, 9.17) is 26.2 Å². The van der Waals surface area contributed by atoms with Gasteiger partial charge < -0.3 is 45.9 Å². The Labute approximate surface area is 595 Å². The monoisotopic (exact) mass is 1430 g/mol. The summed E-state index contributed by atoms with van der Waals surface area (Å²) in [6, 6.07) is 28.3. The van der Waals surface area contributed by atoms with Gasteiger partial charge in [0.05, 0.1) is 0 Å². The van der Waals surface area contributed by atoms with Crippen molar-refractivity contribution in [3.05, 3.63) is 160 Å². The van der Waals surface area contributed by atoms with Crippen LogP contribution in [0.15, 0.2) is 99.3 Å². The van der Waals surface area contributed by atoms with E-state index in [1.54, 1.807) is 26.2 Å². The molecular formula is C71H105ClN19O7Si2+. The van der Waals surface area contributed by atoms with Crippen molar-refractivity contribution < 1.29 is 20.5 Å². The Morgan fingerprint density at radius 3 is 1.32 bits per heavy atom. The molecule has 26 nitrogen and oxygen atoms in total. The zero-order valence-electron chi connectivity index (χ0n) is 62.7. The Balaban J connectivity index is 0.000000219. The number of carbonyl (C=O) groups excluding carboxylic acids is 2. The molecule has 0 aliphatic carbocycles. The molecule has 2 amide bonds. The van der Waals surface area contributed by atoms with Crippen molar-refractivity contribution in [2.24, 2.45) is 21.1 Å². The van der Waals surface area contributed by atoms with Gasteiger partial charge in [-0.2, -0.15) is 30.2 Å². The summed E-state index contributed by atoms with van der Waals surface area (Å²) in [5.74, 6) is 2.94. The molecule has 2 aromatic carbocycles. The smallest absolute Gasteiger partial charge is 0.359 e. The number of nitrogens with one attached hydrogen (secondary N) is 6. The van der Waals surface area contributed by atoms with Crippen molar-refractivity contribution in [3.63, 3.8) is 0 Å². The minimum Gasteiger partial charge on any atom is -0.359 e. The van der Waals surface area contributed by atoms with E-state index < -0.39 is 16.1 Å². The fourth-order valence-electron chi connectivity index (χ4n) is 10.9. The standard InChI is InChI=1S/C31H47N7O3Si.C25H33N7O2.C15H24ClN5O2Si/c1-22-18-27(34-36(22)5)33-26-19-28(35-38(30(26)40)21-41-16-17-42(6,7)8)37-15-9-10-25(20-37)32-29(39)23-11-13-24(14-12-23)31(2,3)4;1-16-13-21(30-31(16)5)27-20-14-22(28-29-24(20)34)32-12-6-7-19(15-32)26-23(33)17-8-10-18(11-9-17)25(2,3)4;1-11-8-14(19-20(11)2)17-12-9-13(16)18-21(15(12)22)10-23-6-7-24(3,4)5/h11-14,18-19,25H,9-10,15-17,20-21H2,1-8H3,(H,32,39)(H,33,34);8-11,13-14,19H,6-7,12,15H2,1-5H3,(H,26,33)(H,29,34)(H,27,28,30);8-9H,6-7,10H2,1-5H3,(H,17,19)/p+1. The first-order chi connectivity index (χ1) is 46.9. The van der Waals surface area contributed by atoms with Crippen LogP contribution in [0.25, 0.3) is 0 Å². The summed E-state index contributed by atoms with van der Waals surface area (Å²) in [6.07, 6.45) is 3.57. The van der Waals surface area contributed by atoms with Gasteiger partial charge in [-0.3, -0.25) is 38.0 Å². The van der Waals surface area contributed by atoms with E-state index in [1.807, 2.05) is 109 Å². The highest BCUT2D eigenvalue weighted by Gasteiger charge is 2.28. The third-order valence-corrected chi connectivity index (χ3v) is 21.0. The predicted octanol–water partition coefficient (Wildman–Crippen LogP) is 11.4. The van der Waals surface area contributed by atoms with E-state index in [2.05, 4.69) is 148 Å². The Hall–Kier alpha value is -8.71. The van der Waals surface area contributed by atoms with Gasteiger partial charge in [0.15, 0.2) is 34.2 Å². The zero-order chi connectivity index (χ0) is 73.0. The minimum absolute atomic E-state index is 0. The van der Waals surface area contributed by atoms with Gasteiger partial charge in [-0.25, -0.2) is 9.78 Å². The first kappa shape index (κ1) is 77.0. The highest BCUT2D eigenvalue weighted by Crippen LogP contribution is 2.27. The predicted molar refractivity (Wildman–Crippen MR) is 406 cm³/mol. The SMILES string of the molecule is Cc1cc(Nc2cc(Cl)nn(COCC[Si](C)(C)C)c2=O)nn1C.Cc1cc(Nc2cc(N3CCCC(NC(=O)c4ccc(C(C)(C)C)cc4)C3)n[nH]c2=O)nn1C.Cc1cc(Nc2cc(N3CCCC(NC(=O)c4ccc(C(C)(C)C)cc4)C3)nn(COCC[Si](C)(C)C)c2=O)nn1C.[H+]. The van der Waals surface area contributed by atoms with E-state index in [0.717, 1.165) is 67.9 Å². The lowest BCUT2D eigenvalue weighted by Gasteiger charge is -2.34. The summed E-state index contributed by atoms with van der Waals surface area (Å²) in [5, 5.41) is 44.5. The molecule has 0 radical (unpaired) electrons. The normalized spacial score (nSPS) is 15.1. The second kappa shape index (κ2) is 33.2. The van der Waals surface area contributed by atoms with Crippen molar-refractivity contribution >= 4 is 85.7 Å². The molecule has 10 rings (SSSR count). The third kappa shape index (κ3) is 22.4. The first-order valence-electron chi connectivity index (χ1n) is 34.3. The number of hydrogen-bond acceptors (Lipinski definition) is 18. The van der Waals surface area contributed by atoms with Crippen molar-refractivity contribution in [1.82, 2.24) is 69.7 Å². The molecule has 2 atom stereocenters. The number of H-pyrrole nitrogens is 1. The van der Waals surface area contributed by atoms with Crippen LogP contribution in [0.3, 0.4) is 0 Å². The van der Waals surface area contributed by atoms with Gasteiger partial charge in [-0.1, -0.05) is 117 Å². The zero-order valence-corrected chi connectivity index (χ0v) is 64.4. The molecule has 2 fully saturated rings. The van der Waals surface area contributed by atoms with Gasteiger partial charge >= 0.3 is 1.43 Å². The van der Waals surface area contributed by atoms with Crippen LogP contribution >= 0.6 is 11.6 Å². The lowest BCUT2D eigenvalue weighted by atomic mass is 9.86. The molecule has 100 heavy (non-hydrogen) atoms. The van der Waals surface area contributed by atoms with Crippen LogP contribution in [0.1, 0.15) is 118 Å². The number of carbonyl (C=O) groups is 2. The Morgan fingerprint density at radius 1 is 0.550 bits per heavy atom. The number of amides is 2. The quantitative estimate of drug-likeness (QED) is 0.0271. The van der Waals surface area contributed by atoms with Gasteiger partial charge in [0.25, 0.3) is 28.5 Å². The van der Waals surface area contributed by atoms with Crippen LogP contribution < -0.4 is 53.1 Å². The number of rotatable bonds is 22. The lowest BCUT2D eigenvalue weighted by Crippen LogP contribution is -2.48. The minimum atomic E-state index is -1.27. The molecule has 8 heterocycles. The molecule has 540 valence electrons. The molecule has 2 saturated heterocycles. The number of aromatic amines is 1. The van der Waals surface area contributed by atoms with Gasteiger partial charge in [-0.15, -0.1) is 5.10 Å². The molecule has 0 bridgehead atoms. The third-order valence-electron chi connectivity index (χ3n) is 17.4. The Bertz CT molecular complexity index is 4220. The van der Waals surface area contributed by atoms with Gasteiger partial charge in [0, 0.05) is 153 Å². The molecular weight excluding hydrogens is 1320 g/mol. The lowest BCUT2D eigenvalue weighted by molar-refractivity contribution is 0.0751. The molecule has 2 aliphatic heterocycles. The summed E-state index contributed by atoms with van der Waals surface area (Å²) in [5.41, 5.74) is 6.93. The topological polar surface area (TPSA) is 288 Å². The average Bonchev–Trinajstić information content (AvgIpc) is 1.59. The highest BCUT2D eigenvalue weighted by atomic mass is 35.5. The van der Waals surface area contributed by atoms with Crippen LogP contribution in [-0.2, 0) is 54.9 Å². The number of nitrogens with zero attached hydrogens (tertiary/aromatic N) is 13. The molecule has 6 aromatic heterocycles. The molecule has 29 heteroatoms. The molecule has 0 saturated carbocycles. The molecule has 0 spiro atoms. The number of halogens is 1. The van der Waals surface area contributed by atoms with E-state index in [1.165, 1.54) is 26.6 Å². The summed E-state index contributed by atoms with van der Waals surface area (Å²) >= 11 is 6.02. The number of ether oxygens (including phenoxy) is 2. The highest BCUT2D eigenvalue weighted by molar-refractivity contribution is 6.76. The summed E-state index contributed by atoms with van der Waals surface area (Å²) in [6.45, 7) is 36.6. The fourth-order valence-corrected chi connectivity index (χ4v) is 12.6. The average molecular weight is 1430 g/mol. The van der Waals surface area contributed by atoms with Crippen LogP contribution in [0, 0.1) is 20.8 Å². The molecule has 8 aromatic rings. The number of aromatic nitrogens is 12. The maximum Gasteiger partial charge on any atom is 1.00 e. The van der Waals surface area contributed by atoms with Crippen molar-refractivity contribution in [3.8, 4) is 0 Å². The van der Waals surface area contributed by atoms with E-state index in [-0.39, 0.29) is 71.4 Å². The summed E-state index contributed by atoms with van der Waals surface area (Å²) < 4.78 is 19.3. The Morgan fingerprint density at radius 2 is 0.930 bits per heavy atom. The maximum absolute atomic E-state index is 13.4.